The summed E-state index contributed by atoms with van der Waals surface area (Å²) < 4.78 is 4.84. The van der Waals surface area contributed by atoms with Crippen LogP contribution in [0.2, 0.25) is 0 Å². The number of aliphatic hydroxyl groups is 1. The van der Waals surface area contributed by atoms with E-state index in [0.717, 1.165) is 0 Å². The summed E-state index contributed by atoms with van der Waals surface area (Å²) in [6.07, 6.45) is 1.11. The number of hydrogen-bond donors (Lipinski definition) is 2. The predicted octanol–water partition coefficient (Wildman–Crippen LogP) is 1.60. The molecule has 1 aromatic rings. The third-order valence-corrected chi connectivity index (χ3v) is 2.52. The monoisotopic (exact) mass is 284 g/mol. The summed E-state index contributed by atoms with van der Waals surface area (Å²) in [5.41, 5.74) is -0.367. The molecule has 0 aliphatic carbocycles. The molecule has 112 valence electrons. The van der Waals surface area contributed by atoms with Gasteiger partial charge >= 0.3 is 5.69 Å². The second kappa shape index (κ2) is 6.47. The van der Waals surface area contributed by atoms with Gasteiger partial charge < -0.3 is 15.2 Å². The van der Waals surface area contributed by atoms with Crippen LogP contribution < -0.4 is 10.1 Å². The van der Waals surface area contributed by atoms with Gasteiger partial charge in [-0.2, -0.15) is 4.98 Å². The standard InChI is InChI=1S/C12H20N4O4/c1-12(2,3)5-8(17)6-13-10-9(16(18)19)11(20-4)15-7-14-10/h7-8,17H,5-6H2,1-4H3,(H,13,14,15). The van der Waals surface area contributed by atoms with Crippen molar-refractivity contribution in [2.75, 3.05) is 19.0 Å². The lowest BCUT2D eigenvalue weighted by Crippen LogP contribution is -2.25. The predicted molar refractivity (Wildman–Crippen MR) is 73.8 cm³/mol. The molecule has 2 N–H and O–H groups in total. The summed E-state index contributed by atoms with van der Waals surface area (Å²) in [5.74, 6) is -0.0763. The first-order valence-corrected chi connectivity index (χ1v) is 6.20. The van der Waals surface area contributed by atoms with Crippen LogP contribution in [0.1, 0.15) is 27.2 Å². The average molecular weight is 284 g/mol. The molecular weight excluding hydrogens is 264 g/mol. The Kier molecular flexibility index (Phi) is 5.20. The quantitative estimate of drug-likeness (QED) is 0.603. The number of nitro groups is 1. The van der Waals surface area contributed by atoms with Crippen molar-refractivity contribution in [2.24, 2.45) is 5.41 Å². The van der Waals surface area contributed by atoms with Crippen LogP contribution in [-0.2, 0) is 0 Å². The van der Waals surface area contributed by atoms with Crippen LogP contribution >= 0.6 is 0 Å². The van der Waals surface area contributed by atoms with E-state index in [0.29, 0.717) is 6.42 Å². The summed E-state index contributed by atoms with van der Waals surface area (Å²) in [6.45, 7) is 6.18. The Labute approximate surface area is 117 Å². The zero-order chi connectivity index (χ0) is 15.3. The van der Waals surface area contributed by atoms with Crippen molar-refractivity contribution in [3.8, 4) is 5.88 Å². The van der Waals surface area contributed by atoms with Gasteiger partial charge in [0, 0.05) is 6.54 Å². The summed E-state index contributed by atoms with van der Waals surface area (Å²) in [4.78, 5) is 17.9. The van der Waals surface area contributed by atoms with Crippen LogP contribution in [-0.4, -0.2) is 39.8 Å². The maximum absolute atomic E-state index is 11.0. The first kappa shape index (κ1) is 16.1. The lowest BCUT2D eigenvalue weighted by Gasteiger charge is -2.22. The Bertz CT molecular complexity index is 473. The second-order valence-electron chi connectivity index (χ2n) is 5.64. The van der Waals surface area contributed by atoms with Crippen molar-refractivity contribution in [1.82, 2.24) is 9.97 Å². The van der Waals surface area contributed by atoms with Crippen LogP contribution in [0.3, 0.4) is 0 Å². The van der Waals surface area contributed by atoms with Gasteiger partial charge in [-0.1, -0.05) is 20.8 Å². The molecular formula is C12H20N4O4. The Morgan fingerprint density at radius 1 is 1.50 bits per heavy atom. The molecule has 0 saturated heterocycles. The molecule has 0 bridgehead atoms. The van der Waals surface area contributed by atoms with Crippen LogP contribution in [0, 0.1) is 15.5 Å². The first-order valence-electron chi connectivity index (χ1n) is 6.20. The molecule has 0 radical (unpaired) electrons. The molecule has 0 spiro atoms. The SMILES string of the molecule is COc1ncnc(NCC(O)CC(C)(C)C)c1[N+](=O)[O-]. The van der Waals surface area contributed by atoms with E-state index in [9.17, 15) is 15.2 Å². The second-order valence-corrected chi connectivity index (χ2v) is 5.64. The molecule has 1 unspecified atom stereocenters. The first-order chi connectivity index (χ1) is 9.24. The number of methoxy groups -OCH3 is 1. The fraction of sp³-hybridized carbons (Fsp3) is 0.667. The van der Waals surface area contributed by atoms with E-state index < -0.39 is 11.0 Å². The van der Waals surface area contributed by atoms with Gasteiger partial charge in [-0.05, 0) is 11.8 Å². The minimum atomic E-state index is -0.629. The topological polar surface area (TPSA) is 110 Å². The van der Waals surface area contributed by atoms with E-state index in [2.05, 4.69) is 15.3 Å². The molecule has 0 fully saturated rings. The highest BCUT2D eigenvalue weighted by molar-refractivity contribution is 5.61. The van der Waals surface area contributed by atoms with Crippen molar-refractivity contribution in [3.63, 3.8) is 0 Å². The van der Waals surface area contributed by atoms with Crippen LogP contribution in [0.5, 0.6) is 5.88 Å². The van der Waals surface area contributed by atoms with Crippen molar-refractivity contribution in [3.05, 3.63) is 16.4 Å². The summed E-state index contributed by atoms with van der Waals surface area (Å²) in [5, 5.41) is 23.7. The largest absolute Gasteiger partial charge is 0.476 e. The van der Waals surface area contributed by atoms with E-state index in [1.54, 1.807) is 0 Å². The Morgan fingerprint density at radius 2 is 2.15 bits per heavy atom. The van der Waals surface area contributed by atoms with Gasteiger partial charge in [0.2, 0.25) is 5.82 Å². The van der Waals surface area contributed by atoms with Crippen LogP contribution in [0.15, 0.2) is 6.33 Å². The number of rotatable bonds is 6. The van der Waals surface area contributed by atoms with Gasteiger partial charge in [-0.25, -0.2) is 4.98 Å². The molecule has 0 amide bonds. The molecule has 0 aliphatic heterocycles. The zero-order valence-corrected chi connectivity index (χ0v) is 12.1. The van der Waals surface area contributed by atoms with Gasteiger partial charge in [-0.3, -0.25) is 10.1 Å². The molecule has 8 heteroatoms. The molecule has 0 aromatic carbocycles. The van der Waals surface area contributed by atoms with Crippen molar-refractivity contribution in [2.45, 2.75) is 33.3 Å². The minimum Gasteiger partial charge on any atom is -0.476 e. The smallest absolute Gasteiger partial charge is 0.372 e. The van der Waals surface area contributed by atoms with Crippen molar-refractivity contribution in [1.29, 1.82) is 0 Å². The third-order valence-electron chi connectivity index (χ3n) is 2.52. The van der Waals surface area contributed by atoms with E-state index in [1.165, 1.54) is 13.4 Å². The number of anilines is 1. The number of aromatic nitrogens is 2. The summed E-state index contributed by atoms with van der Waals surface area (Å²) >= 11 is 0. The Balaban J connectivity index is 2.80. The summed E-state index contributed by atoms with van der Waals surface area (Å²) in [7, 11) is 1.30. The van der Waals surface area contributed by atoms with Gasteiger partial charge in [-0.15, -0.1) is 0 Å². The molecule has 0 aliphatic rings. The lowest BCUT2D eigenvalue weighted by molar-refractivity contribution is -0.385. The number of aliphatic hydroxyl groups excluding tert-OH is 1. The minimum absolute atomic E-state index is 0.0314. The fourth-order valence-corrected chi connectivity index (χ4v) is 1.80. The Morgan fingerprint density at radius 3 is 2.65 bits per heavy atom. The third kappa shape index (κ3) is 4.61. The van der Waals surface area contributed by atoms with Gasteiger partial charge in [0.1, 0.15) is 6.33 Å². The van der Waals surface area contributed by atoms with Crippen LogP contribution in [0.4, 0.5) is 11.5 Å². The molecule has 8 nitrogen and oxygen atoms in total. The zero-order valence-electron chi connectivity index (χ0n) is 12.1. The average Bonchev–Trinajstić information content (AvgIpc) is 2.33. The molecule has 1 heterocycles. The molecule has 20 heavy (non-hydrogen) atoms. The Hall–Kier alpha value is -1.96. The maximum atomic E-state index is 11.0. The van der Waals surface area contributed by atoms with E-state index in [1.807, 2.05) is 20.8 Å². The highest BCUT2D eigenvalue weighted by Crippen LogP contribution is 2.30. The van der Waals surface area contributed by atoms with Gasteiger partial charge in [0.25, 0.3) is 5.88 Å². The lowest BCUT2D eigenvalue weighted by atomic mass is 9.89. The highest BCUT2D eigenvalue weighted by Gasteiger charge is 2.24. The number of ether oxygens (including phenoxy) is 1. The van der Waals surface area contributed by atoms with E-state index in [-0.39, 0.29) is 29.3 Å². The number of nitrogens with zero attached hydrogens (tertiary/aromatic N) is 3. The number of hydrogen-bond acceptors (Lipinski definition) is 7. The molecule has 1 rings (SSSR count). The van der Waals surface area contributed by atoms with Gasteiger partial charge in [0.15, 0.2) is 0 Å². The van der Waals surface area contributed by atoms with Crippen molar-refractivity contribution >= 4 is 11.5 Å². The molecule has 1 aromatic heterocycles. The maximum Gasteiger partial charge on any atom is 0.372 e. The normalized spacial score (nSPS) is 12.8. The van der Waals surface area contributed by atoms with E-state index in [4.69, 9.17) is 4.74 Å². The van der Waals surface area contributed by atoms with E-state index >= 15 is 0 Å². The van der Waals surface area contributed by atoms with Crippen LogP contribution in [0.25, 0.3) is 0 Å². The summed E-state index contributed by atoms with van der Waals surface area (Å²) in [6, 6.07) is 0. The number of nitrogens with one attached hydrogen (secondary N) is 1. The molecule has 1 atom stereocenters. The van der Waals surface area contributed by atoms with Gasteiger partial charge in [0.05, 0.1) is 18.1 Å². The fourth-order valence-electron chi connectivity index (χ4n) is 1.80. The highest BCUT2D eigenvalue weighted by atomic mass is 16.6. The molecule has 0 saturated carbocycles. The van der Waals surface area contributed by atoms with Crippen molar-refractivity contribution < 1.29 is 14.8 Å².